The number of unbranched alkanes of at least 4 members (excludes halogenated alkanes) is 3. The fraction of sp³-hybridized carbons (Fsp3) is 1.00. The summed E-state index contributed by atoms with van der Waals surface area (Å²) < 4.78 is 10.5. The second kappa shape index (κ2) is 2.69. The number of aliphatic hydroxyl groups is 1. The molecule has 0 radical (unpaired) electrons. The van der Waals surface area contributed by atoms with Crippen molar-refractivity contribution >= 4 is 0 Å². The molecule has 12 heavy (non-hydrogen) atoms. The molecule has 2 rings (SSSR count). The Balaban J connectivity index is 1.59. The molecule has 2 saturated heterocycles. The SMILES string of the molecule is CCCCCCC12OC1(CO)O2. The molecule has 3 heteroatoms. The van der Waals surface area contributed by atoms with Gasteiger partial charge in [0, 0.05) is 6.42 Å². The van der Waals surface area contributed by atoms with Crippen LogP contribution in [0.2, 0.25) is 0 Å². The molecular formula is C9H16O3. The van der Waals surface area contributed by atoms with E-state index in [4.69, 9.17) is 14.6 Å². The van der Waals surface area contributed by atoms with Gasteiger partial charge in [-0.05, 0) is 6.42 Å². The lowest BCUT2D eigenvalue weighted by Crippen LogP contribution is -2.03. The largest absolute Gasteiger partial charge is 0.391 e. The van der Waals surface area contributed by atoms with E-state index < -0.39 is 5.79 Å². The van der Waals surface area contributed by atoms with Gasteiger partial charge >= 0.3 is 0 Å². The average molecular weight is 172 g/mol. The standard InChI is InChI=1S/C9H16O3/c1-2-3-4-5-6-8-9(7-10,11-8)12-8/h10H,2-7H2,1H3. The zero-order valence-electron chi connectivity index (χ0n) is 7.51. The molecule has 0 spiro atoms. The number of fused-ring (bicyclic) bond motifs is 1. The van der Waals surface area contributed by atoms with Crippen LogP contribution in [0.25, 0.3) is 0 Å². The Bertz CT molecular complexity index is 173. The maximum absolute atomic E-state index is 8.82. The first-order valence-electron chi connectivity index (χ1n) is 4.80. The fourth-order valence-corrected chi connectivity index (χ4v) is 1.75. The molecule has 2 aliphatic rings. The van der Waals surface area contributed by atoms with E-state index in [1.54, 1.807) is 0 Å². The van der Waals surface area contributed by atoms with Crippen LogP contribution in [0.3, 0.4) is 0 Å². The van der Waals surface area contributed by atoms with Crippen molar-refractivity contribution in [3.05, 3.63) is 0 Å². The second-order valence-electron chi connectivity index (χ2n) is 3.68. The molecule has 0 aliphatic carbocycles. The van der Waals surface area contributed by atoms with Crippen LogP contribution in [0.1, 0.15) is 39.0 Å². The Morgan fingerprint density at radius 1 is 1.08 bits per heavy atom. The first kappa shape index (κ1) is 8.48. The van der Waals surface area contributed by atoms with E-state index in [0.717, 1.165) is 12.8 Å². The van der Waals surface area contributed by atoms with Gasteiger partial charge in [-0.15, -0.1) is 0 Å². The number of hydrogen-bond donors (Lipinski definition) is 1. The van der Waals surface area contributed by atoms with E-state index in [2.05, 4.69) is 6.92 Å². The number of ether oxygens (including phenoxy) is 2. The third-order valence-corrected chi connectivity index (χ3v) is 2.72. The van der Waals surface area contributed by atoms with Crippen LogP contribution in [0, 0.1) is 0 Å². The molecule has 0 amide bonds. The predicted molar refractivity (Wildman–Crippen MR) is 43.5 cm³/mol. The van der Waals surface area contributed by atoms with Crippen molar-refractivity contribution in [2.45, 2.75) is 50.6 Å². The summed E-state index contributed by atoms with van der Waals surface area (Å²) in [6.45, 7) is 2.21. The van der Waals surface area contributed by atoms with Crippen LogP contribution >= 0.6 is 0 Å². The van der Waals surface area contributed by atoms with Crippen molar-refractivity contribution in [2.24, 2.45) is 0 Å². The van der Waals surface area contributed by atoms with Crippen molar-refractivity contribution in [1.82, 2.24) is 0 Å². The molecule has 1 N–H and O–H groups in total. The first-order chi connectivity index (χ1) is 5.79. The molecule has 0 unspecified atom stereocenters. The van der Waals surface area contributed by atoms with Gasteiger partial charge in [0.2, 0.25) is 5.79 Å². The van der Waals surface area contributed by atoms with E-state index in [1.807, 2.05) is 0 Å². The molecule has 70 valence electrons. The molecule has 0 aromatic rings. The third-order valence-electron chi connectivity index (χ3n) is 2.72. The summed E-state index contributed by atoms with van der Waals surface area (Å²) in [6, 6.07) is 0. The average Bonchev–Trinajstić information content (AvgIpc) is 2.84. The Morgan fingerprint density at radius 3 is 2.33 bits per heavy atom. The van der Waals surface area contributed by atoms with Crippen molar-refractivity contribution in [3.8, 4) is 0 Å². The zero-order chi connectivity index (χ0) is 8.66. The van der Waals surface area contributed by atoms with Crippen LogP contribution in [-0.2, 0) is 9.47 Å². The van der Waals surface area contributed by atoms with Crippen LogP contribution < -0.4 is 0 Å². The smallest absolute Gasteiger partial charge is 0.253 e. The van der Waals surface area contributed by atoms with Gasteiger partial charge in [-0.3, -0.25) is 0 Å². The highest BCUT2D eigenvalue weighted by Crippen LogP contribution is 2.69. The van der Waals surface area contributed by atoms with Gasteiger partial charge in [-0.1, -0.05) is 26.2 Å². The lowest BCUT2D eigenvalue weighted by Gasteiger charge is -1.99. The monoisotopic (exact) mass is 172 g/mol. The summed E-state index contributed by atoms with van der Waals surface area (Å²) >= 11 is 0. The normalized spacial score (nSPS) is 42.5. The summed E-state index contributed by atoms with van der Waals surface area (Å²) in [7, 11) is 0. The molecule has 0 aromatic carbocycles. The van der Waals surface area contributed by atoms with Gasteiger partial charge in [0.05, 0.1) is 0 Å². The summed E-state index contributed by atoms with van der Waals surface area (Å²) in [5, 5.41) is 8.82. The summed E-state index contributed by atoms with van der Waals surface area (Å²) in [5.74, 6) is -0.880. The summed E-state index contributed by atoms with van der Waals surface area (Å²) in [4.78, 5) is 0. The molecule has 0 atom stereocenters. The lowest BCUT2D eigenvalue weighted by molar-refractivity contribution is -0.114. The van der Waals surface area contributed by atoms with E-state index in [1.165, 1.54) is 19.3 Å². The van der Waals surface area contributed by atoms with E-state index in [0.29, 0.717) is 0 Å². The van der Waals surface area contributed by atoms with Crippen LogP contribution in [0.5, 0.6) is 0 Å². The Kier molecular flexibility index (Phi) is 1.90. The van der Waals surface area contributed by atoms with Crippen molar-refractivity contribution in [3.63, 3.8) is 0 Å². The summed E-state index contributed by atoms with van der Waals surface area (Å²) in [6.07, 6.45) is 5.87. The van der Waals surface area contributed by atoms with E-state index in [-0.39, 0.29) is 12.4 Å². The van der Waals surface area contributed by atoms with Crippen LogP contribution in [0.15, 0.2) is 0 Å². The molecule has 0 saturated carbocycles. The number of hydrogen-bond acceptors (Lipinski definition) is 3. The predicted octanol–water partition coefficient (Wildman–Crippen LogP) is 1.40. The number of epoxide rings is 2. The van der Waals surface area contributed by atoms with E-state index >= 15 is 0 Å². The molecular weight excluding hydrogens is 156 g/mol. The molecule has 2 fully saturated rings. The zero-order valence-corrected chi connectivity index (χ0v) is 7.51. The van der Waals surface area contributed by atoms with Gasteiger partial charge in [0.25, 0.3) is 5.79 Å². The first-order valence-corrected chi connectivity index (χ1v) is 4.80. The van der Waals surface area contributed by atoms with Crippen LogP contribution in [0.4, 0.5) is 0 Å². The summed E-state index contributed by atoms with van der Waals surface area (Å²) in [5.41, 5.74) is 0. The van der Waals surface area contributed by atoms with Gasteiger partial charge in [0.1, 0.15) is 6.61 Å². The highest BCUT2D eigenvalue weighted by Gasteiger charge is 2.90. The number of aliphatic hydroxyl groups excluding tert-OH is 1. The molecule has 2 heterocycles. The quantitative estimate of drug-likeness (QED) is 0.486. The van der Waals surface area contributed by atoms with Gasteiger partial charge in [-0.2, -0.15) is 0 Å². The highest BCUT2D eigenvalue weighted by molar-refractivity contribution is 5.17. The molecule has 0 bridgehead atoms. The van der Waals surface area contributed by atoms with Gasteiger partial charge in [0.15, 0.2) is 0 Å². The minimum absolute atomic E-state index is 0.0147. The topological polar surface area (TPSA) is 45.3 Å². The molecule has 3 nitrogen and oxygen atoms in total. The van der Waals surface area contributed by atoms with Crippen LogP contribution in [-0.4, -0.2) is 23.3 Å². The second-order valence-corrected chi connectivity index (χ2v) is 3.68. The Labute approximate surface area is 72.7 Å². The maximum atomic E-state index is 8.82. The molecule has 0 aromatic heterocycles. The Hall–Kier alpha value is -0.120. The lowest BCUT2D eigenvalue weighted by atomic mass is 10.1. The van der Waals surface area contributed by atoms with Crippen molar-refractivity contribution < 1.29 is 14.6 Å². The maximum Gasteiger partial charge on any atom is 0.253 e. The number of rotatable bonds is 6. The third kappa shape index (κ3) is 1.08. The molecule has 2 aliphatic heterocycles. The minimum Gasteiger partial charge on any atom is -0.391 e. The van der Waals surface area contributed by atoms with Crippen molar-refractivity contribution in [1.29, 1.82) is 0 Å². The fourth-order valence-electron chi connectivity index (χ4n) is 1.75. The van der Waals surface area contributed by atoms with Gasteiger partial charge in [-0.25, -0.2) is 0 Å². The Morgan fingerprint density at radius 2 is 1.83 bits per heavy atom. The van der Waals surface area contributed by atoms with Crippen molar-refractivity contribution in [2.75, 3.05) is 6.61 Å². The highest BCUT2D eigenvalue weighted by atomic mass is 17.1. The minimum atomic E-state index is -0.542. The van der Waals surface area contributed by atoms with Gasteiger partial charge < -0.3 is 14.6 Å². The van der Waals surface area contributed by atoms with E-state index in [9.17, 15) is 0 Å².